The van der Waals surface area contributed by atoms with Crippen molar-refractivity contribution in [3.63, 3.8) is 0 Å². The summed E-state index contributed by atoms with van der Waals surface area (Å²) in [5.74, 6) is 1.96. The number of nitrogens with one attached hydrogen (secondary N) is 1. The minimum atomic E-state index is 0.670. The second-order valence-corrected chi connectivity index (χ2v) is 9.75. The number of benzene rings is 1. The molecule has 0 unspecified atom stereocenters. The minimum Gasteiger partial charge on any atom is -0.497 e. The lowest BCUT2D eigenvalue weighted by Crippen LogP contribution is -2.47. The zero-order valence-electron chi connectivity index (χ0n) is 20.3. The van der Waals surface area contributed by atoms with Crippen LogP contribution in [0, 0.1) is 0 Å². The van der Waals surface area contributed by atoms with Crippen molar-refractivity contribution in [3.05, 3.63) is 42.5 Å². The Morgan fingerprint density at radius 2 is 1.82 bits per heavy atom. The van der Waals surface area contributed by atoms with Gasteiger partial charge in [-0.2, -0.15) is 0 Å². The standard InChI is InChI=1S/C27H37N5O/c1-20(2)30-14-10-22(11-15-30)31-12-5-13-32(17-16-31)27-7-4-6-25(29-27)26-19-21-18-23(33-3)8-9-24(21)28-26/h4,6-9,18-20,22,28H,5,10-17H2,1-3H3. The number of fused-ring (bicyclic) bond motifs is 1. The molecule has 0 spiro atoms. The largest absolute Gasteiger partial charge is 0.497 e. The summed E-state index contributed by atoms with van der Waals surface area (Å²) in [6.45, 7) is 11.6. The highest BCUT2D eigenvalue weighted by atomic mass is 16.5. The van der Waals surface area contributed by atoms with Crippen molar-refractivity contribution < 1.29 is 4.74 Å². The Hall–Kier alpha value is -2.57. The van der Waals surface area contributed by atoms with E-state index in [2.05, 4.69) is 69.9 Å². The van der Waals surface area contributed by atoms with Crippen LogP contribution in [0.5, 0.6) is 5.75 Å². The van der Waals surface area contributed by atoms with Crippen molar-refractivity contribution in [2.24, 2.45) is 0 Å². The van der Waals surface area contributed by atoms with Gasteiger partial charge in [-0.05, 0) is 82.6 Å². The molecule has 4 heterocycles. The molecule has 6 heteroatoms. The summed E-state index contributed by atoms with van der Waals surface area (Å²) in [4.78, 5) is 16.4. The Balaban J connectivity index is 1.26. The predicted octanol–water partition coefficient (Wildman–Crippen LogP) is 4.62. The number of H-pyrrole nitrogens is 1. The number of rotatable bonds is 5. The van der Waals surface area contributed by atoms with E-state index in [1.165, 1.54) is 38.9 Å². The first kappa shape index (κ1) is 22.2. The first-order valence-corrected chi connectivity index (χ1v) is 12.5. The van der Waals surface area contributed by atoms with E-state index < -0.39 is 0 Å². The summed E-state index contributed by atoms with van der Waals surface area (Å²) in [6.07, 6.45) is 3.80. The van der Waals surface area contributed by atoms with Crippen molar-refractivity contribution in [1.29, 1.82) is 0 Å². The molecular weight excluding hydrogens is 410 g/mol. The van der Waals surface area contributed by atoms with Crippen LogP contribution in [-0.4, -0.2) is 78.2 Å². The number of aromatic amines is 1. The molecule has 2 aliphatic rings. The van der Waals surface area contributed by atoms with Gasteiger partial charge in [-0.3, -0.25) is 4.90 Å². The van der Waals surface area contributed by atoms with Crippen LogP contribution in [0.2, 0.25) is 0 Å². The van der Waals surface area contributed by atoms with E-state index in [9.17, 15) is 0 Å². The topological polar surface area (TPSA) is 47.6 Å². The molecule has 2 aliphatic heterocycles. The molecular formula is C27H37N5O. The number of nitrogens with zero attached hydrogens (tertiary/aromatic N) is 4. The van der Waals surface area contributed by atoms with Gasteiger partial charge in [0.2, 0.25) is 0 Å². The molecule has 176 valence electrons. The number of methoxy groups -OCH3 is 1. The van der Waals surface area contributed by atoms with Gasteiger partial charge in [-0.1, -0.05) is 6.07 Å². The molecule has 1 aromatic carbocycles. The van der Waals surface area contributed by atoms with Crippen LogP contribution in [-0.2, 0) is 0 Å². The van der Waals surface area contributed by atoms with Crippen molar-refractivity contribution in [2.45, 2.75) is 45.2 Å². The summed E-state index contributed by atoms with van der Waals surface area (Å²) in [5.41, 5.74) is 3.14. The average Bonchev–Trinajstić information content (AvgIpc) is 3.12. The van der Waals surface area contributed by atoms with Gasteiger partial charge in [-0.25, -0.2) is 4.98 Å². The first-order valence-electron chi connectivity index (χ1n) is 12.5. The lowest BCUT2D eigenvalue weighted by Gasteiger charge is -2.39. The van der Waals surface area contributed by atoms with Gasteiger partial charge in [-0.15, -0.1) is 0 Å². The van der Waals surface area contributed by atoms with Crippen molar-refractivity contribution in [1.82, 2.24) is 19.8 Å². The third-order valence-corrected chi connectivity index (χ3v) is 7.44. The third kappa shape index (κ3) is 4.87. The maximum absolute atomic E-state index is 5.37. The van der Waals surface area contributed by atoms with E-state index in [0.717, 1.165) is 59.5 Å². The first-order chi connectivity index (χ1) is 16.1. The quantitative estimate of drug-likeness (QED) is 0.618. The average molecular weight is 448 g/mol. The molecule has 2 saturated heterocycles. The molecule has 6 nitrogen and oxygen atoms in total. The molecule has 1 N–H and O–H groups in total. The van der Waals surface area contributed by atoms with Crippen LogP contribution >= 0.6 is 0 Å². The zero-order chi connectivity index (χ0) is 22.8. The fraction of sp³-hybridized carbons (Fsp3) is 0.519. The summed E-state index contributed by atoms with van der Waals surface area (Å²) in [7, 11) is 1.71. The fourth-order valence-electron chi connectivity index (χ4n) is 5.42. The summed E-state index contributed by atoms with van der Waals surface area (Å²) in [5, 5.41) is 1.14. The Bertz CT molecular complexity index is 1070. The second kappa shape index (κ2) is 9.74. The van der Waals surface area contributed by atoms with Gasteiger partial charge in [0.25, 0.3) is 0 Å². The van der Waals surface area contributed by atoms with Crippen molar-refractivity contribution in [3.8, 4) is 17.1 Å². The molecule has 0 saturated carbocycles. The number of piperidine rings is 1. The fourth-order valence-corrected chi connectivity index (χ4v) is 5.42. The van der Waals surface area contributed by atoms with Crippen LogP contribution < -0.4 is 9.64 Å². The molecule has 2 fully saturated rings. The number of anilines is 1. The Kier molecular flexibility index (Phi) is 6.56. The molecule has 0 atom stereocenters. The maximum Gasteiger partial charge on any atom is 0.129 e. The van der Waals surface area contributed by atoms with Crippen LogP contribution in [0.15, 0.2) is 42.5 Å². The van der Waals surface area contributed by atoms with E-state index in [-0.39, 0.29) is 0 Å². The summed E-state index contributed by atoms with van der Waals surface area (Å²) in [6, 6.07) is 16.1. The number of aromatic nitrogens is 2. The van der Waals surface area contributed by atoms with Gasteiger partial charge >= 0.3 is 0 Å². The van der Waals surface area contributed by atoms with Crippen LogP contribution in [0.1, 0.15) is 33.1 Å². The molecule has 33 heavy (non-hydrogen) atoms. The highest BCUT2D eigenvalue weighted by Gasteiger charge is 2.27. The second-order valence-electron chi connectivity index (χ2n) is 9.75. The highest BCUT2D eigenvalue weighted by Crippen LogP contribution is 2.28. The van der Waals surface area contributed by atoms with E-state index in [0.29, 0.717) is 6.04 Å². The molecule has 5 rings (SSSR count). The lowest BCUT2D eigenvalue weighted by molar-refractivity contribution is 0.0965. The van der Waals surface area contributed by atoms with Crippen molar-refractivity contribution >= 4 is 16.7 Å². The highest BCUT2D eigenvalue weighted by molar-refractivity contribution is 5.86. The Labute approximate surface area is 197 Å². The van der Waals surface area contributed by atoms with Gasteiger partial charge < -0.3 is 19.5 Å². The molecule has 0 aliphatic carbocycles. The van der Waals surface area contributed by atoms with Crippen LogP contribution in [0.25, 0.3) is 22.3 Å². The molecule has 3 aromatic rings. The minimum absolute atomic E-state index is 0.670. The maximum atomic E-state index is 5.37. The monoisotopic (exact) mass is 447 g/mol. The van der Waals surface area contributed by atoms with E-state index >= 15 is 0 Å². The Morgan fingerprint density at radius 3 is 2.61 bits per heavy atom. The van der Waals surface area contributed by atoms with Crippen LogP contribution in [0.3, 0.4) is 0 Å². The van der Waals surface area contributed by atoms with Crippen LogP contribution in [0.4, 0.5) is 5.82 Å². The van der Waals surface area contributed by atoms with Crippen molar-refractivity contribution in [2.75, 3.05) is 51.3 Å². The molecule has 2 aromatic heterocycles. The molecule has 0 bridgehead atoms. The van der Waals surface area contributed by atoms with Gasteiger partial charge in [0.05, 0.1) is 18.5 Å². The van der Waals surface area contributed by atoms with Gasteiger partial charge in [0.1, 0.15) is 11.6 Å². The summed E-state index contributed by atoms with van der Waals surface area (Å²) >= 11 is 0. The zero-order valence-corrected chi connectivity index (χ0v) is 20.3. The Morgan fingerprint density at radius 1 is 0.970 bits per heavy atom. The number of ether oxygens (including phenoxy) is 1. The number of hydrogen-bond acceptors (Lipinski definition) is 5. The van der Waals surface area contributed by atoms with E-state index in [1.54, 1.807) is 7.11 Å². The van der Waals surface area contributed by atoms with Gasteiger partial charge in [0, 0.05) is 49.2 Å². The van der Waals surface area contributed by atoms with Gasteiger partial charge in [0.15, 0.2) is 0 Å². The van der Waals surface area contributed by atoms with E-state index in [1.807, 2.05) is 6.07 Å². The third-order valence-electron chi connectivity index (χ3n) is 7.44. The molecule has 0 radical (unpaired) electrons. The molecule has 0 amide bonds. The number of likely N-dealkylation sites (tertiary alicyclic amines) is 1. The predicted molar refractivity (Wildman–Crippen MR) is 136 cm³/mol. The number of pyridine rings is 1. The normalized spacial score (nSPS) is 19.3. The SMILES string of the molecule is COc1ccc2[nH]c(-c3cccc(N4CCCN(C5CCN(C(C)C)CC5)CC4)n3)cc2c1. The number of hydrogen-bond donors (Lipinski definition) is 1. The summed E-state index contributed by atoms with van der Waals surface area (Å²) < 4.78 is 5.37. The smallest absolute Gasteiger partial charge is 0.129 e. The van der Waals surface area contributed by atoms with E-state index in [4.69, 9.17) is 9.72 Å². The lowest BCUT2D eigenvalue weighted by atomic mass is 10.0.